The normalized spacial score (nSPS) is 12.5. The number of amidine groups is 1. The van der Waals surface area contributed by atoms with Crippen LogP contribution in [0.15, 0.2) is 23.4 Å². The number of nitrogens with two attached hydrogens (primary N) is 1. The summed E-state index contributed by atoms with van der Waals surface area (Å²) in [6.07, 6.45) is 2.20. The fourth-order valence-electron chi connectivity index (χ4n) is 1.71. The van der Waals surface area contributed by atoms with E-state index in [9.17, 15) is 8.78 Å². The van der Waals surface area contributed by atoms with E-state index < -0.39 is 17.0 Å². The molecule has 20 heavy (non-hydrogen) atoms. The number of rotatable bonds is 7. The van der Waals surface area contributed by atoms with Crippen molar-refractivity contribution in [1.29, 1.82) is 0 Å². The minimum Gasteiger partial charge on any atom is -0.491 e. The molecule has 0 spiro atoms. The molecule has 3 N–H and O–H groups in total. The number of oxime groups is 1. The second-order valence-corrected chi connectivity index (χ2v) is 5.25. The summed E-state index contributed by atoms with van der Waals surface area (Å²) < 4.78 is 31.2. The smallest absolute Gasteiger partial charge is 0.167 e. The first-order valence-corrected chi connectivity index (χ1v) is 6.42. The summed E-state index contributed by atoms with van der Waals surface area (Å²) in [6.45, 7) is 4.08. The lowest BCUT2D eigenvalue weighted by molar-refractivity contribution is 0.278. The van der Waals surface area contributed by atoms with Crippen LogP contribution < -0.4 is 10.5 Å². The molecule has 6 heteroatoms. The molecule has 0 bridgehead atoms. The van der Waals surface area contributed by atoms with E-state index in [0.717, 1.165) is 25.0 Å². The second-order valence-electron chi connectivity index (χ2n) is 5.25. The predicted octanol–water partition coefficient (Wildman–Crippen LogP) is 3.29. The van der Waals surface area contributed by atoms with Crippen molar-refractivity contribution in [3.8, 4) is 5.75 Å². The second kappa shape index (κ2) is 7.07. The molecule has 0 amide bonds. The molecule has 1 rings (SSSR count). The van der Waals surface area contributed by atoms with Crippen LogP contribution >= 0.6 is 0 Å². The lowest BCUT2D eigenvalue weighted by Crippen LogP contribution is -2.31. The zero-order valence-corrected chi connectivity index (χ0v) is 11.7. The van der Waals surface area contributed by atoms with Gasteiger partial charge < -0.3 is 15.7 Å². The fourth-order valence-corrected chi connectivity index (χ4v) is 1.71. The molecule has 1 aromatic rings. The summed E-state index contributed by atoms with van der Waals surface area (Å²) in [4.78, 5) is 0. The van der Waals surface area contributed by atoms with Gasteiger partial charge in [-0.15, -0.1) is 0 Å². The Labute approximate surface area is 117 Å². The van der Waals surface area contributed by atoms with E-state index in [1.165, 1.54) is 6.07 Å². The topological polar surface area (TPSA) is 67.8 Å². The van der Waals surface area contributed by atoms with Gasteiger partial charge in [0.25, 0.3) is 0 Å². The van der Waals surface area contributed by atoms with Crippen LogP contribution in [0.25, 0.3) is 0 Å². The number of benzene rings is 1. The number of nitrogens with zero attached hydrogens (tertiary/aromatic N) is 1. The van der Waals surface area contributed by atoms with E-state index >= 15 is 0 Å². The number of unbranched alkanes of at least 4 members (excludes halogenated alkanes) is 1. The van der Waals surface area contributed by atoms with Gasteiger partial charge in [-0.25, -0.2) is 8.78 Å². The molecule has 0 aromatic heterocycles. The van der Waals surface area contributed by atoms with Gasteiger partial charge in [0.1, 0.15) is 11.7 Å². The summed E-state index contributed by atoms with van der Waals surface area (Å²) in [7, 11) is 0. The van der Waals surface area contributed by atoms with E-state index in [1.54, 1.807) is 0 Å². The van der Waals surface area contributed by atoms with E-state index in [2.05, 4.69) is 5.16 Å². The van der Waals surface area contributed by atoms with Crippen molar-refractivity contribution in [3.05, 3.63) is 29.8 Å². The molecule has 0 aliphatic carbocycles. The van der Waals surface area contributed by atoms with Gasteiger partial charge in [0, 0.05) is 11.5 Å². The minimum atomic E-state index is -0.706. The molecule has 4 nitrogen and oxygen atoms in total. The molecule has 1 aromatic carbocycles. The average Bonchev–Trinajstić information content (AvgIpc) is 2.39. The van der Waals surface area contributed by atoms with Gasteiger partial charge in [-0.3, -0.25) is 0 Å². The van der Waals surface area contributed by atoms with Gasteiger partial charge in [-0.1, -0.05) is 19.0 Å². The maximum Gasteiger partial charge on any atom is 0.167 e. The molecule has 0 radical (unpaired) electrons. The zero-order valence-electron chi connectivity index (χ0n) is 11.7. The van der Waals surface area contributed by atoms with E-state index in [0.29, 0.717) is 13.0 Å². The van der Waals surface area contributed by atoms with Crippen LogP contribution in [0.1, 0.15) is 33.1 Å². The molecule has 0 atom stereocenters. The highest BCUT2D eigenvalue weighted by molar-refractivity contribution is 5.85. The van der Waals surface area contributed by atoms with E-state index in [-0.39, 0.29) is 11.6 Å². The van der Waals surface area contributed by atoms with Gasteiger partial charge in [-0.2, -0.15) is 0 Å². The monoisotopic (exact) mass is 286 g/mol. The third-order valence-electron chi connectivity index (χ3n) is 3.15. The molecule has 0 saturated heterocycles. The van der Waals surface area contributed by atoms with Crippen molar-refractivity contribution in [2.75, 3.05) is 6.61 Å². The third kappa shape index (κ3) is 4.68. The molecule has 0 fully saturated rings. The lowest BCUT2D eigenvalue weighted by Gasteiger charge is -2.22. The number of hydrogen-bond acceptors (Lipinski definition) is 3. The Kier molecular flexibility index (Phi) is 5.73. The van der Waals surface area contributed by atoms with Gasteiger partial charge in [0.2, 0.25) is 0 Å². The highest BCUT2D eigenvalue weighted by Gasteiger charge is 2.22. The van der Waals surface area contributed by atoms with Crippen molar-refractivity contribution in [1.82, 2.24) is 0 Å². The number of ether oxygens (including phenoxy) is 1. The maximum atomic E-state index is 13.3. The van der Waals surface area contributed by atoms with Crippen LogP contribution in [0, 0.1) is 17.0 Å². The molecular formula is C14H20F2N2O2. The van der Waals surface area contributed by atoms with E-state index in [4.69, 9.17) is 15.7 Å². The molecule has 0 heterocycles. The number of hydrogen-bond donors (Lipinski definition) is 2. The summed E-state index contributed by atoms with van der Waals surface area (Å²) >= 11 is 0. The van der Waals surface area contributed by atoms with Crippen molar-refractivity contribution in [2.24, 2.45) is 16.3 Å². The summed E-state index contributed by atoms with van der Waals surface area (Å²) in [6, 6.07) is 3.21. The highest BCUT2D eigenvalue weighted by Crippen LogP contribution is 2.24. The van der Waals surface area contributed by atoms with Crippen molar-refractivity contribution in [3.63, 3.8) is 0 Å². The Hall–Kier alpha value is -1.85. The summed E-state index contributed by atoms with van der Waals surface area (Å²) in [5.41, 5.74) is 5.18. The first kappa shape index (κ1) is 16.2. The molecular weight excluding hydrogens is 266 g/mol. The maximum absolute atomic E-state index is 13.3. The van der Waals surface area contributed by atoms with E-state index in [1.807, 2.05) is 13.8 Å². The van der Waals surface area contributed by atoms with Crippen LogP contribution in [-0.2, 0) is 0 Å². The fraction of sp³-hybridized carbons (Fsp3) is 0.500. The Morgan fingerprint density at radius 3 is 2.65 bits per heavy atom. The summed E-state index contributed by atoms with van der Waals surface area (Å²) in [5, 5.41) is 11.6. The first-order chi connectivity index (χ1) is 9.36. The van der Waals surface area contributed by atoms with Gasteiger partial charge in [0.15, 0.2) is 11.6 Å². The van der Waals surface area contributed by atoms with Crippen LogP contribution in [0.4, 0.5) is 8.78 Å². The quantitative estimate of drug-likeness (QED) is 0.266. The van der Waals surface area contributed by atoms with Crippen LogP contribution in [0.3, 0.4) is 0 Å². The lowest BCUT2D eigenvalue weighted by atomic mass is 9.86. The standard InChI is InChI=1S/C14H20F2N2O2/c1-14(2,13(17)18-19)7-3-4-8-20-12-6-5-10(15)9-11(12)16/h5-6,9,19H,3-4,7-8H2,1-2H3,(H2,17,18). The molecule has 0 aliphatic rings. The zero-order chi connectivity index (χ0) is 15.2. The minimum absolute atomic E-state index is 0.0436. The summed E-state index contributed by atoms with van der Waals surface area (Å²) in [5.74, 6) is -1.11. The van der Waals surface area contributed by atoms with Crippen LogP contribution in [-0.4, -0.2) is 17.6 Å². The predicted molar refractivity (Wildman–Crippen MR) is 72.9 cm³/mol. The Morgan fingerprint density at radius 1 is 1.35 bits per heavy atom. The molecule has 0 aliphatic heterocycles. The average molecular weight is 286 g/mol. The molecule has 0 saturated carbocycles. The third-order valence-corrected chi connectivity index (χ3v) is 3.15. The Bertz CT molecular complexity index is 476. The first-order valence-electron chi connectivity index (χ1n) is 6.42. The van der Waals surface area contributed by atoms with Gasteiger partial charge in [-0.05, 0) is 31.4 Å². The molecule has 112 valence electrons. The van der Waals surface area contributed by atoms with Crippen LogP contribution in [0.2, 0.25) is 0 Å². The largest absolute Gasteiger partial charge is 0.491 e. The van der Waals surface area contributed by atoms with Gasteiger partial charge in [0.05, 0.1) is 6.61 Å². The van der Waals surface area contributed by atoms with Gasteiger partial charge >= 0.3 is 0 Å². The number of halogens is 2. The SMILES string of the molecule is CC(C)(CCCCOc1ccc(F)cc1F)/C(N)=N/O. The van der Waals surface area contributed by atoms with Crippen molar-refractivity contribution < 1.29 is 18.7 Å². The molecule has 0 unspecified atom stereocenters. The Balaban J connectivity index is 2.32. The van der Waals surface area contributed by atoms with Crippen molar-refractivity contribution >= 4 is 5.84 Å². The Morgan fingerprint density at radius 2 is 2.05 bits per heavy atom. The van der Waals surface area contributed by atoms with Crippen molar-refractivity contribution in [2.45, 2.75) is 33.1 Å². The highest BCUT2D eigenvalue weighted by atomic mass is 19.1. The van der Waals surface area contributed by atoms with Crippen LogP contribution in [0.5, 0.6) is 5.75 Å².